The lowest BCUT2D eigenvalue weighted by molar-refractivity contribution is -0.143. The van der Waals surface area contributed by atoms with Crippen LogP contribution < -0.4 is 4.74 Å². The van der Waals surface area contributed by atoms with Gasteiger partial charge in [0.15, 0.2) is 0 Å². The molecule has 1 aromatic rings. The molecule has 0 radical (unpaired) electrons. The van der Waals surface area contributed by atoms with Gasteiger partial charge in [-0.25, -0.2) is 0 Å². The van der Waals surface area contributed by atoms with Crippen molar-refractivity contribution in [3.05, 3.63) is 29.8 Å². The van der Waals surface area contributed by atoms with Crippen molar-refractivity contribution >= 4 is 17.7 Å². The number of likely N-dealkylation sites (tertiary alicyclic amines) is 2. The van der Waals surface area contributed by atoms with Crippen molar-refractivity contribution in [3.63, 3.8) is 0 Å². The molecule has 164 valence electrons. The largest absolute Gasteiger partial charge is 0.496 e. The molecule has 2 aliphatic heterocycles. The molecule has 2 saturated heterocycles. The number of carbonyl (C=O) groups is 3. The fourth-order valence-electron chi connectivity index (χ4n) is 4.51. The van der Waals surface area contributed by atoms with Crippen LogP contribution in [0.25, 0.3) is 0 Å². The molecule has 0 aromatic heterocycles. The predicted molar refractivity (Wildman–Crippen MR) is 112 cm³/mol. The molecule has 1 unspecified atom stereocenters. The Hall–Kier alpha value is -2.41. The first kappa shape index (κ1) is 22.3. The molecule has 2 fully saturated rings. The summed E-state index contributed by atoms with van der Waals surface area (Å²) >= 11 is 0. The molecular weight excluding hydrogens is 384 g/mol. The highest BCUT2D eigenvalue weighted by Crippen LogP contribution is 2.44. The van der Waals surface area contributed by atoms with Crippen molar-refractivity contribution in [1.82, 2.24) is 9.80 Å². The first-order valence-corrected chi connectivity index (χ1v) is 10.7. The van der Waals surface area contributed by atoms with Crippen LogP contribution in [0.15, 0.2) is 24.3 Å². The molecule has 1 aromatic carbocycles. The molecule has 30 heavy (non-hydrogen) atoms. The minimum Gasteiger partial charge on any atom is -0.496 e. The number of nitrogens with zero attached hydrogens (tertiary/aromatic N) is 2. The van der Waals surface area contributed by atoms with Crippen LogP contribution in [0.5, 0.6) is 5.75 Å². The van der Waals surface area contributed by atoms with Gasteiger partial charge < -0.3 is 14.4 Å². The zero-order valence-corrected chi connectivity index (χ0v) is 18.2. The van der Waals surface area contributed by atoms with E-state index in [0.717, 1.165) is 12.8 Å². The number of rotatable bonds is 8. The number of carbonyl (C=O) groups excluding carboxylic acids is 3. The SMILES string of the molecule is COCCCN1C(=O)CC(CC(=O)N2CCC(C)CC2)(c2ccccc2OC)C1=O. The molecule has 2 heterocycles. The fourth-order valence-corrected chi connectivity index (χ4v) is 4.51. The first-order valence-electron chi connectivity index (χ1n) is 10.7. The molecule has 7 heteroatoms. The van der Waals surface area contributed by atoms with E-state index < -0.39 is 5.41 Å². The van der Waals surface area contributed by atoms with Crippen LogP contribution in [0.1, 0.15) is 44.6 Å². The lowest BCUT2D eigenvalue weighted by Crippen LogP contribution is -2.45. The van der Waals surface area contributed by atoms with Gasteiger partial charge in [0.25, 0.3) is 0 Å². The number of ether oxygens (including phenoxy) is 2. The number of amides is 3. The Labute approximate surface area is 178 Å². The number of para-hydroxylation sites is 1. The van der Waals surface area contributed by atoms with Crippen LogP contribution in [-0.2, 0) is 24.5 Å². The third kappa shape index (κ3) is 4.36. The second-order valence-corrected chi connectivity index (χ2v) is 8.40. The van der Waals surface area contributed by atoms with Gasteiger partial charge in [-0.2, -0.15) is 0 Å². The lowest BCUT2D eigenvalue weighted by atomic mass is 9.75. The summed E-state index contributed by atoms with van der Waals surface area (Å²) in [6.07, 6.45) is 2.45. The van der Waals surface area contributed by atoms with E-state index in [9.17, 15) is 14.4 Å². The van der Waals surface area contributed by atoms with Crippen molar-refractivity contribution in [2.24, 2.45) is 5.92 Å². The van der Waals surface area contributed by atoms with Gasteiger partial charge in [-0.15, -0.1) is 0 Å². The maximum atomic E-state index is 13.6. The number of imide groups is 1. The monoisotopic (exact) mass is 416 g/mol. The molecule has 1 atom stereocenters. The summed E-state index contributed by atoms with van der Waals surface area (Å²) in [6.45, 7) is 4.33. The van der Waals surface area contributed by atoms with Crippen LogP contribution in [0.3, 0.4) is 0 Å². The summed E-state index contributed by atoms with van der Waals surface area (Å²) in [5.41, 5.74) is -0.615. The van der Waals surface area contributed by atoms with Crippen molar-refractivity contribution in [2.75, 3.05) is 40.5 Å². The van der Waals surface area contributed by atoms with Crippen LogP contribution in [0, 0.1) is 5.92 Å². The topological polar surface area (TPSA) is 76.2 Å². The highest BCUT2D eigenvalue weighted by atomic mass is 16.5. The van der Waals surface area contributed by atoms with Crippen molar-refractivity contribution in [1.29, 1.82) is 0 Å². The summed E-state index contributed by atoms with van der Waals surface area (Å²) in [7, 11) is 3.13. The summed E-state index contributed by atoms with van der Waals surface area (Å²) in [5, 5.41) is 0. The second kappa shape index (κ2) is 9.60. The number of benzene rings is 1. The van der Waals surface area contributed by atoms with Crippen molar-refractivity contribution in [2.45, 2.75) is 44.4 Å². The average molecular weight is 417 g/mol. The minimum absolute atomic E-state index is 0.0187. The van der Waals surface area contributed by atoms with Crippen LogP contribution in [0.2, 0.25) is 0 Å². The van der Waals surface area contributed by atoms with Gasteiger partial charge in [0.1, 0.15) is 5.75 Å². The Bertz CT molecular complexity index is 788. The standard InChI is InChI=1S/C23H32N2O5/c1-17-9-12-24(13-10-17)20(26)15-23(18-7-4-5-8-19(18)30-3)16-21(27)25(22(23)28)11-6-14-29-2/h4-5,7-8,17H,6,9-16H2,1-3H3. The highest BCUT2D eigenvalue weighted by molar-refractivity contribution is 6.11. The van der Waals surface area contributed by atoms with E-state index in [-0.39, 0.29) is 37.1 Å². The zero-order chi connectivity index (χ0) is 21.7. The first-order chi connectivity index (χ1) is 14.4. The van der Waals surface area contributed by atoms with Gasteiger partial charge in [-0.1, -0.05) is 25.1 Å². The summed E-state index contributed by atoms with van der Waals surface area (Å²) in [5.74, 6) is 0.488. The zero-order valence-electron chi connectivity index (χ0n) is 18.2. The van der Waals surface area contributed by atoms with Gasteiger partial charge in [0.05, 0.1) is 12.5 Å². The Morgan fingerprint density at radius 2 is 1.87 bits per heavy atom. The minimum atomic E-state index is -1.23. The predicted octanol–water partition coefficient (Wildman–Crippen LogP) is 2.38. The number of hydrogen-bond donors (Lipinski definition) is 0. The van der Waals surface area contributed by atoms with Gasteiger partial charge in [-0.3, -0.25) is 19.3 Å². The normalized spacial score (nSPS) is 22.6. The average Bonchev–Trinajstić information content (AvgIpc) is 2.99. The molecule has 0 saturated carbocycles. The van der Waals surface area contributed by atoms with E-state index in [1.165, 1.54) is 12.0 Å². The van der Waals surface area contributed by atoms with Gasteiger partial charge >= 0.3 is 0 Å². The summed E-state index contributed by atoms with van der Waals surface area (Å²) < 4.78 is 10.6. The Balaban J connectivity index is 1.93. The maximum absolute atomic E-state index is 13.6. The van der Waals surface area contributed by atoms with E-state index in [1.54, 1.807) is 19.2 Å². The van der Waals surface area contributed by atoms with Crippen LogP contribution >= 0.6 is 0 Å². The third-order valence-electron chi connectivity index (χ3n) is 6.35. The van der Waals surface area contributed by atoms with E-state index in [0.29, 0.717) is 43.3 Å². The molecule has 0 aliphatic carbocycles. The fraction of sp³-hybridized carbons (Fsp3) is 0.609. The quantitative estimate of drug-likeness (QED) is 0.480. The molecular formula is C23H32N2O5. The highest BCUT2D eigenvalue weighted by Gasteiger charge is 2.55. The van der Waals surface area contributed by atoms with E-state index in [4.69, 9.17) is 9.47 Å². The summed E-state index contributed by atoms with van der Waals surface area (Å²) in [4.78, 5) is 42.8. The van der Waals surface area contributed by atoms with Gasteiger partial charge in [-0.05, 0) is 31.2 Å². The van der Waals surface area contributed by atoms with E-state index in [2.05, 4.69) is 6.92 Å². The lowest BCUT2D eigenvalue weighted by Gasteiger charge is -2.34. The number of piperidine rings is 1. The molecule has 2 aliphatic rings. The summed E-state index contributed by atoms with van der Waals surface area (Å²) in [6, 6.07) is 7.21. The molecule has 0 bridgehead atoms. The number of hydrogen-bond acceptors (Lipinski definition) is 5. The third-order valence-corrected chi connectivity index (χ3v) is 6.35. The van der Waals surface area contributed by atoms with E-state index in [1.807, 2.05) is 17.0 Å². The van der Waals surface area contributed by atoms with Gasteiger partial charge in [0, 0.05) is 51.8 Å². The molecule has 3 rings (SSSR count). The number of methoxy groups -OCH3 is 2. The maximum Gasteiger partial charge on any atom is 0.241 e. The molecule has 0 spiro atoms. The second-order valence-electron chi connectivity index (χ2n) is 8.40. The molecule has 0 N–H and O–H groups in total. The Morgan fingerprint density at radius 3 is 2.53 bits per heavy atom. The van der Waals surface area contributed by atoms with Crippen molar-refractivity contribution < 1.29 is 23.9 Å². The Kier molecular flexibility index (Phi) is 7.13. The smallest absolute Gasteiger partial charge is 0.241 e. The van der Waals surface area contributed by atoms with Crippen LogP contribution in [0.4, 0.5) is 0 Å². The van der Waals surface area contributed by atoms with E-state index >= 15 is 0 Å². The van der Waals surface area contributed by atoms with Gasteiger partial charge in [0.2, 0.25) is 17.7 Å². The Morgan fingerprint density at radius 1 is 1.17 bits per heavy atom. The molecule has 7 nitrogen and oxygen atoms in total. The van der Waals surface area contributed by atoms with Crippen molar-refractivity contribution in [3.8, 4) is 5.75 Å². The molecule has 3 amide bonds. The van der Waals surface area contributed by atoms with Crippen LogP contribution in [-0.4, -0.2) is 68.0 Å².